The second kappa shape index (κ2) is 3.37. The molecule has 1 nitrogen and oxygen atoms in total. The van der Waals surface area contributed by atoms with Crippen LogP contribution in [0.5, 0.6) is 0 Å². The lowest BCUT2D eigenvalue weighted by atomic mass is 9.94. The van der Waals surface area contributed by atoms with Gasteiger partial charge in [0.15, 0.2) is 0 Å². The van der Waals surface area contributed by atoms with Gasteiger partial charge in [0.1, 0.15) is 0 Å². The number of aliphatic hydroxyl groups is 1. The average molecular weight is 261 g/mol. The number of rotatable bonds is 1. The number of halogens is 1. The van der Waals surface area contributed by atoms with E-state index in [4.69, 9.17) is 0 Å². The van der Waals surface area contributed by atoms with E-state index in [1.807, 2.05) is 5.38 Å². The van der Waals surface area contributed by atoms with Crippen molar-refractivity contribution in [2.24, 2.45) is 5.92 Å². The Labute approximate surface area is 90.9 Å². The predicted molar refractivity (Wildman–Crippen MR) is 58.9 cm³/mol. The minimum Gasteiger partial charge on any atom is -0.385 e. The zero-order valence-electron chi connectivity index (χ0n) is 7.59. The Hall–Kier alpha value is 0.140. The fourth-order valence-corrected chi connectivity index (χ4v) is 3.88. The number of hydrogen-bond acceptors (Lipinski definition) is 2. The van der Waals surface area contributed by atoms with Crippen molar-refractivity contribution in [1.82, 2.24) is 0 Å². The normalized spacial score (nSPS) is 33.9. The van der Waals surface area contributed by atoms with Gasteiger partial charge in [0.25, 0.3) is 0 Å². The zero-order valence-corrected chi connectivity index (χ0v) is 9.99. The summed E-state index contributed by atoms with van der Waals surface area (Å²) in [4.78, 5) is 0. The summed E-state index contributed by atoms with van der Waals surface area (Å²) in [7, 11) is 0. The third-order valence-corrected chi connectivity index (χ3v) is 4.56. The molecule has 0 radical (unpaired) electrons. The van der Waals surface area contributed by atoms with Crippen LogP contribution in [0.3, 0.4) is 0 Å². The van der Waals surface area contributed by atoms with E-state index in [1.54, 1.807) is 11.3 Å². The average Bonchev–Trinajstić information content (AvgIpc) is 2.59. The van der Waals surface area contributed by atoms with Gasteiger partial charge in [0, 0.05) is 15.4 Å². The maximum absolute atomic E-state index is 10.4. The lowest BCUT2D eigenvalue weighted by Gasteiger charge is -2.22. The van der Waals surface area contributed by atoms with Crippen LogP contribution >= 0.6 is 27.3 Å². The Balaban J connectivity index is 2.30. The van der Waals surface area contributed by atoms with Crippen molar-refractivity contribution >= 4 is 27.3 Å². The molecule has 3 heteroatoms. The molecule has 1 saturated carbocycles. The Morgan fingerprint density at radius 2 is 2.38 bits per heavy atom. The zero-order chi connectivity index (χ0) is 9.47. The molecule has 1 heterocycles. The van der Waals surface area contributed by atoms with Gasteiger partial charge in [-0.15, -0.1) is 0 Å². The summed E-state index contributed by atoms with van der Waals surface area (Å²) in [5.74, 6) is 0.650. The van der Waals surface area contributed by atoms with Crippen molar-refractivity contribution < 1.29 is 5.11 Å². The molecule has 0 saturated heterocycles. The monoisotopic (exact) mass is 260 g/mol. The molecule has 0 amide bonds. The van der Waals surface area contributed by atoms with E-state index in [0.717, 1.165) is 29.3 Å². The molecule has 72 valence electrons. The lowest BCUT2D eigenvalue weighted by Crippen LogP contribution is -2.21. The molecule has 0 bridgehead atoms. The van der Waals surface area contributed by atoms with Gasteiger partial charge < -0.3 is 5.11 Å². The van der Waals surface area contributed by atoms with E-state index in [9.17, 15) is 5.11 Å². The molecule has 1 aromatic rings. The quantitative estimate of drug-likeness (QED) is 0.820. The highest BCUT2D eigenvalue weighted by Crippen LogP contribution is 2.45. The summed E-state index contributed by atoms with van der Waals surface area (Å²) in [6.07, 6.45) is 2.95. The van der Waals surface area contributed by atoms with Crippen molar-refractivity contribution in [3.05, 3.63) is 20.8 Å². The SMILES string of the molecule is CC1CCC(O)(c2cscc2Br)C1. The molecule has 0 aromatic carbocycles. The molecule has 2 rings (SSSR count). The van der Waals surface area contributed by atoms with Gasteiger partial charge in [-0.3, -0.25) is 0 Å². The van der Waals surface area contributed by atoms with Gasteiger partial charge in [0.2, 0.25) is 0 Å². The third-order valence-electron chi connectivity index (χ3n) is 2.85. The van der Waals surface area contributed by atoms with Crippen LogP contribution in [-0.2, 0) is 5.60 Å². The molecular weight excluding hydrogens is 248 g/mol. The number of thiophene rings is 1. The molecule has 0 spiro atoms. The van der Waals surface area contributed by atoms with Crippen molar-refractivity contribution in [3.63, 3.8) is 0 Å². The first-order chi connectivity index (χ1) is 6.12. The third kappa shape index (κ3) is 1.69. The van der Waals surface area contributed by atoms with E-state index in [1.165, 1.54) is 0 Å². The summed E-state index contributed by atoms with van der Waals surface area (Å²) < 4.78 is 1.06. The Bertz CT molecular complexity index is 310. The van der Waals surface area contributed by atoms with Crippen LogP contribution in [0.1, 0.15) is 31.7 Å². The van der Waals surface area contributed by atoms with E-state index in [0.29, 0.717) is 5.92 Å². The van der Waals surface area contributed by atoms with Gasteiger partial charge in [-0.25, -0.2) is 0 Å². The first-order valence-corrected chi connectivity index (χ1v) is 6.30. The molecule has 2 unspecified atom stereocenters. The molecular formula is C10H13BrOS. The highest BCUT2D eigenvalue weighted by Gasteiger charge is 2.38. The van der Waals surface area contributed by atoms with E-state index in [-0.39, 0.29) is 0 Å². The molecule has 2 atom stereocenters. The standard InChI is InChI=1S/C10H13BrOS/c1-7-2-3-10(12,4-7)8-5-13-6-9(8)11/h5-7,12H,2-4H2,1H3. The fraction of sp³-hybridized carbons (Fsp3) is 0.600. The molecule has 1 aliphatic carbocycles. The molecule has 13 heavy (non-hydrogen) atoms. The first kappa shape index (κ1) is 9.69. The lowest BCUT2D eigenvalue weighted by molar-refractivity contribution is 0.0405. The van der Waals surface area contributed by atoms with Crippen LogP contribution in [0.15, 0.2) is 15.2 Å². The summed E-state index contributed by atoms with van der Waals surface area (Å²) in [6, 6.07) is 0. The van der Waals surface area contributed by atoms with Crippen LogP contribution in [-0.4, -0.2) is 5.11 Å². The van der Waals surface area contributed by atoms with Crippen molar-refractivity contribution in [2.75, 3.05) is 0 Å². The Kier molecular flexibility index (Phi) is 2.51. The van der Waals surface area contributed by atoms with Crippen LogP contribution in [0, 0.1) is 5.92 Å². The summed E-state index contributed by atoms with van der Waals surface area (Å²) in [5.41, 5.74) is 0.528. The Morgan fingerprint density at radius 1 is 1.62 bits per heavy atom. The summed E-state index contributed by atoms with van der Waals surface area (Å²) in [6.45, 7) is 2.21. The molecule has 0 aliphatic heterocycles. The van der Waals surface area contributed by atoms with Crippen LogP contribution in [0.25, 0.3) is 0 Å². The number of hydrogen-bond donors (Lipinski definition) is 1. The predicted octanol–water partition coefficient (Wildman–Crippen LogP) is 3.52. The topological polar surface area (TPSA) is 20.2 Å². The molecule has 1 aromatic heterocycles. The minimum atomic E-state index is -0.557. The maximum Gasteiger partial charge on any atom is 0.0918 e. The van der Waals surface area contributed by atoms with Gasteiger partial charge >= 0.3 is 0 Å². The van der Waals surface area contributed by atoms with E-state index < -0.39 is 5.60 Å². The highest BCUT2D eigenvalue weighted by atomic mass is 79.9. The van der Waals surface area contributed by atoms with Crippen molar-refractivity contribution in [1.29, 1.82) is 0 Å². The van der Waals surface area contributed by atoms with E-state index >= 15 is 0 Å². The van der Waals surface area contributed by atoms with Crippen LogP contribution < -0.4 is 0 Å². The second-order valence-corrected chi connectivity index (χ2v) is 5.61. The largest absolute Gasteiger partial charge is 0.385 e. The summed E-state index contributed by atoms with van der Waals surface area (Å²) >= 11 is 5.13. The Morgan fingerprint density at radius 3 is 2.85 bits per heavy atom. The van der Waals surface area contributed by atoms with Gasteiger partial charge in [-0.1, -0.05) is 6.92 Å². The van der Waals surface area contributed by atoms with Crippen LogP contribution in [0.2, 0.25) is 0 Å². The van der Waals surface area contributed by atoms with Gasteiger partial charge in [-0.2, -0.15) is 11.3 Å². The second-order valence-electron chi connectivity index (χ2n) is 4.01. The van der Waals surface area contributed by atoms with E-state index in [2.05, 4.69) is 28.2 Å². The highest BCUT2D eigenvalue weighted by molar-refractivity contribution is 9.10. The minimum absolute atomic E-state index is 0.557. The fourth-order valence-electron chi connectivity index (χ4n) is 2.12. The molecule has 1 fully saturated rings. The first-order valence-electron chi connectivity index (χ1n) is 4.56. The van der Waals surface area contributed by atoms with Crippen molar-refractivity contribution in [2.45, 2.75) is 31.8 Å². The molecule has 1 N–H and O–H groups in total. The van der Waals surface area contributed by atoms with Gasteiger partial charge in [-0.05, 0) is 46.5 Å². The maximum atomic E-state index is 10.4. The smallest absolute Gasteiger partial charge is 0.0918 e. The molecule has 1 aliphatic rings. The van der Waals surface area contributed by atoms with Crippen LogP contribution in [0.4, 0.5) is 0 Å². The van der Waals surface area contributed by atoms with Gasteiger partial charge in [0.05, 0.1) is 5.60 Å². The van der Waals surface area contributed by atoms with Crippen molar-refractivity contribution in [3.8, 4) is 0 Å². The summed E-state index contributed by atoms with van der Waals surface area (Å²) in [5, 5.41) is 14.5.